The van der Waals surface area contributed by atoms with Crippen LogP contribution in [-0.4, -0.2) is 27.8 Å². The first-order chi connectivity index (χ1) is 6.99. The molecule has 4 N–H and O–H groups in total. The predicted molar refractivity (Wildman–Crippen MR) is 60.2 cm³/mol. The molecule has 0 bridgehead atoms. The third kappa shape index (κ3) is 2.90. The van der Waals surface area contributed by atoms with E-state index in [0.717, 1.165) is 0 Å². The minimum Gasteiger partial charge on any atom is -0.388 e. The molecule has 7 heteroatoms. The summed E-state index contributed by atoms with van der Waals surface area (Å²) in [6.07, 6.45) is 0. The summed E-state index contributed by atoms with van der Waals surface area (Å²) in [7, 11) is -0.641. The molecule has 0 atom stereocenters. The molecule has 0 aliphatic carbocycles. The lowest BCUT2D eigenvalue weighted by atomic mass is 10.3. The standard InChI is InChI=1S/C8H13N3O3S/c1-9-6-3-4-7(11-10-2)8(5-6)15(12,13)14/h3-5,9,12-14H,1-2H3. The van der Waals surface area contributed by atoms with Gasteiger partial charge in [-0.15, -0.1) is 0 Å². The van der Waals surface area contributed by atoms with E-state index in [1.807, 2.05) is 0 Å². The van der Waals surface area contributed by atoms with Crippen LogP contribution in [0.5, 0.6) is 0 Å². The molecule has 0 heterocycles. The summed E-state index contributed by atoms with van der Waals surface area (Å²) in [5.41, 5.74) is 0.882. The number of azo groups is 1. The Labute approximate surface area is 89.2 Å². The summed E-state index contributed by atoms with van der Waals surface area (Å²) in [5.74, 6) is 0. The van der Waals surface area contributed by atoms with Crippen LogP contribution in [0, 0.1) is 0 Å². The predicted octanol–water partition coefficient (Wildman–Crippen LogP) is 3.02. The topological polar surface area (TPSA) is 97.4 Å². The Morgan fingerprint density at radius 3 is 2.40 bits per heavy atom. The van der Waals surface area contributed by atoms with Crippen molar-refractivity contribution >= 4 is 22.2 Å². The smallest absolute Gasteiger partial charge is 0.115 e. The van der Waals surface area contributed by atoms with Crippen molar-refractivity contribution in [2.45, 2.75) is 4.90 Å². The van der Waals surface area contributed by atoms with Crippen molar-refractivity contribution in [1.82, 2.24) is 0 Å². The molecule has 1 aromatic carbocycles. The van der Waals surface area contributed by atoms with Crippen LogP contribution in [0.3, 0.4) is 0 Å². The third-order valence-corrected chi connectivity index (χ3v) is 2.67. The Balaban J connectivity index is 3.29. The van der Waals surface area contributed by atoms with E-state index in [1.54, 1.807) is 19.2 Å². The van der Waals surface area contributed by atoms with Crippen molar-refractivity contribution in [3.05, 3.63) is 18.2 Å². The quantitative estimate of drug-likeness (QED) is 0.601. The average molecular weight is 231 g/mol. The lowest BCUT2D eigenvalue weighted by Gasteiger charge is -2.21. The Hall–Kier alpha value is -1.15. The average Bonchev–Trinajstić information content (AvgIpc) is 2.17. The molecule has 0 spiro atoms. The number of benzene rings is 1. The molecule has 0 unspecified atom stereocenters. The normalized spacial score (nSPS) is 13.1. The van der Waals surface area contributed by atoms with Crippen molar-refractivity contribution in [3.8, 4) is 0 Å². The van der Waals surface area contributed by atoms with E-state index in [0.29, 0.717) is 5.69 Å². The Morgan fingerprint density at radius 1 is 1.27 bits per heavy atom. The first kappa shape index (κ1) is 11.9. The number of nitrogens with one attached hydrogen (secondary N) is 1. The maximum Gasteiger partial charge on any atom is 0.115 e. The van der Waals surface area contributed by atoms with Crippen molar-refractivity contribution < 1.29 is 13.7 Å². The summed E-state index contributed by atoms with van der Waals surface area (Å²) in [6, 6.07) is 4.65. The van der Waals surface area contributed by atoms with E-state index in [1.165, 1.54) is 13.1 Å². The number of nitrogens with zero attached hydrogens (tertiary/aromatic N) is 2. The van der Waals surface area contributed by atoms with Gasteiger partial charge in [-0.2, -0.15) is 10.2 Å². The fourth-order valence-electron chi connectivity index (χ4n) is 1.08. The van der Waals surface area contributed by atoms with E-state index in [4.69, 9.17) is 0 Å². The van der Waals surface area contributed by atoms with Crippen molar-refractivity contribution in [1.29, 1.82) is 0 Å². The van der Waals surface area contributed by atoms with Crippen molar-refractivity contribution in [3.63, 3.8) is 0 Å². The molecule has 6 nitrogen and oxygen atoms in total. The highest BCUT2D eigenvalue weighted by Crippen LogP contribution is 2.49. The molecule has 0 saturated heterocycles. The molecule has 0 aliphatic rings. The molecule has 1 aromatic rings. The Kier molecular flexibility index (Phi) is 3.64. The van der Waals surface area contributed by atoms with Crippen LogP contribution >= 0.6 is 10.9 Å². The fraction of sp³-hybridized carbons (Fsp3) is 0.250. The lowest BCUT2D eigenvalue weighted by molar-refractivity contribution is 0.376. The number of hydrogen-bond acceptors (Lipinski definition) is 6. The van der Waals surface area contributed by atoms with Crippen molar-refractivity contribution in [2.75, 3.05) is 19.4 Å². The molecule has 0 fully saturated rings. The number of anilines is 1. The van der Waals surface area contributed by atoms with E-state index in [9.17, 15) is 13.7 Å². The van der Waals surface area contributed by atoms with Gasteiger partial charge in [-0.1, -0.05) is 0 Å². The van der Waals surface area contributed by atoms with Gasteiger partial charge < -0.3 is 19.0 Å². The van der Waals surface area contributed by atoms with Gasteiger partial charge in [0.2, 0.25) is 0 Å². The molecule has 0 radical (unpaired) electrons. The van der Waals surface area contributed by atoms with Crippen LogP contribution in [0.15, 0.2) is 33.3 Å². The lowest BCUT2D eigenvalue weighted by Crippen LogP contribution is -1.98. The monoisotopic (exact) mass is 231 g/mol. The first-order valence-corrected chi connectivity index (χ1v) is 5.61. The zero-order chi connectivity index (χ0) is 11.5. The van der Waals surface area contributed by atoms with Crippen LogP contribution in [0.1, 0.15) is 0 Å². The van der Waals surface area contributed by atoms with Gasteiger partial charge in [-0.3, -0.25) is 0 Å². The maximum atomic E-state index is 9.18. The molecule has 1 rings (SSSR count). The van der Waals surface area contributed by atoms with Gasteiger partial charge in [0.1, 0.15) is 16.6 Å². The SMILES string of the molecule is CN=Nc1ccc(NC)cc1S(O)(O)O. The number of rotatable bonds is 3. The molecule has 0 saturated carbocycles. The Morgan fingerprint density at radius 2 is 1.93 bits per heavy atom. The maximum absolute atomic E-state index is 9.18. The van der Waals surface area contributed by atoms with Gasteiger partial charge in [-0.25, -0.2) is 0 Å². The van der Waals surface area contributed by atoms with Crippen LogP contribution in [0.2, 0.25) is 0 Å². The van der Waals surface area contributed by atoms with E-state index >= 15 is 0 Å². The minimum absolute atomic E-state index is 0.0417. The van der Waals surface area contributed by atoms with E-state index in [-0.39, 0.29) is 10.6 Å². The fourth-order valence-corrected chi connectivity index (χ4v) is 1.75. The number of hydrogen-bond donors (Lipinski definition) is 4. The van der Waals surface area contributed by atoms with Gasteiger partial charge >= 0.3 is 0 Å². The second kappa shape index (κ2) is 4.58. The highest BCUT2D eigenvalue weighted by Gasteiger charge is 2.20. The second-order valence-electron chi connectivity index (χ2n) is 2.75. The van der Waals surface area contributed by atoms with Gasteiger partial charge in [0.05, 0.1) is 4.90 Å². The largest absolute Gasteiger partial charge is 0.388 e. The zero-order valence-electron chi connectivity index (χ0n) is 8.38. The van der Waals surface area contributed by atoms with E-state index in [2.05, 4.69) is 15.5 Å². The highest BCUT2D eigenvalue weighted by atomic mass is 32.3. The highest BCUT2D eigenvalue weighted by molar-refractivity contribution is 8.19. The zero-order valence-corrected chi connectivity index (χ0v) is 9.19. The molecule has 15 heavy (non-hydrogen) atoms. The Bertz CT molecular complexity index is 376. The third-order valence-electron chi connectivity index (χ3n) is 1.75. The molecular formula is C8H13N3O3S. The van der Waals surface area contributed by atoms with E-state index < -0.39 is 10.9 Å². The summed E-state index contributed by atoms with van der Waals surface area (Å²) in [4.78, 5) is -0.0417. The second-order valence-corrected chi connectivity index (χ2v) is 4.23. The summed E-state index contributed by atoms with van der Waals surface area (Å²) >= 11 is 0. The molecular weight excluding hydrogens is 218 g/mol. The van der Waals surface area contributed by atoms with Crippen molar-refractivity contribution in [2.24, 2.45) is 10.2 Å². The van der Waals surface area contributed by atoms with Crippen LogP contribution < -0.4 is 5.32 Å². The van der Waals surface area contributed by atoms with Crippen LogP contribution in [0.4, 0.5) is 11.4 Å². The molecule has 84 valence electrons. The van der Waals surface area contributed by atoms with Gasteiger partial charge in [0.25, 0.3) is 0 Å². The summed E-state index contributed by atoms with van der Waals surface area (Å²) < 4.78 is 27.5. The molecule has 0 aliphatic heterocycles. The van der Waals surface area contributed by atoms with Gasteiger partial charge in [0.15, 0.2) is 0 Å². The van der Waals surface area contributed by atoms with Gasteiger partial charge in [-0.05, 0) is 18.2 Å². The molecule has 0 aromatic heterocycles. The van der Waals surface area contributed by atoms with Crippen LogP contribution in [0.25, 0.3) is 0 Å². The molecule has 0 amide bonds. The van der Waals surface area contributed by atoms with Gasteiger partial charge in [0, 0.05) is 19.8 Å². The van der Waals surface area contributed by atoms with Crippen LogP contribution in [-0.2, 0) is 0 Å². The first-order valence-electron chi connectivity index (χ1n) is 4.11. The minimum atomic E-state index is -3.78. The summed E-state index contributed by atoms with van der Waals surface area (Å²) in [5, 5.41) is 10.0. The summed E-state index contributed by atoms with van der Waals surface area (Å²) in [6.45, 7) is 0.